The molecule has 0 radical (unpaired) electrons. The molecule has 1 aromatic rings. The molecule has 21 heavy (non-hydrogen) atoms. The van der Waals surface area contributed by atoms with Crippen LogP contribution in [0.15, 0.2) is 18.2 Å². The highest BCUT2D eigenvalue weighted by Gasteiger charge is 2.32. The number of carbonyl (C=O) groups excluding carboxylic acids is 1. The number of nitrogens with zero attached hydrogens (tertiary/aromatic N) is 2. The minimum absolute atomic E-state index is 0.117. The summed E-state index contributed by atoms with van der Waals surface area (Å²) in [6, 6.07) is 4.93. The number of hydrogen-bond acceptors (Lipinski definition) is 4. The number of nitrogens with one attached hydrogen (secondary N) is 1. The van der Waals surface area contributed by atoms with Gasteiger partial charge in [-0.2, -0.15) is 0 Å². The van der Waals surface area contributed by atoms with Gasteiger partial charge < -0.3 is 10.2 Å². The van der Waals surface area contributed by atoms with Crippen LogP contribution < -0.4 is 5.32 Å². The fourth-order valence-corrected chi connectivity index (χ4v) is 2.84. The lowest BCUT2D eigenvalue weighted by Gasteiger charge is -2.36. The van der Waals surface area contributed by atoms with E-state index in [2.05, 4.69) is 12.2 Å². The number of nitro groups is 1. The second kappa shape index (κ2) is 6.11. The van der Waals surface area contributed by atoms with Gasteiger partial charge in [0.1, 0.15) is 11.3 Å². The van der Waals surface area contributed by atoms with Crippen LogP contribution in [0.4, 0.5) is 11.4 Å². The van der Waals surface area contributed by atoms with Gasteiger partial charge in [-0.3, -0.25) is 14.9 Å². The Morgan fingerprint density at radius 2 is 2.10 bits per heavy atom. The third kappa shape index (κ3) is 2.99. The Balaban J connectivity index is 2.41. The third-order valence-corrected chi connectivity index (χ3v) is 4.10. The predicted molar refractivity (Wildman–Crippen MR) is 81.5 cm³/mol. The number of amides is 1. The highest BCUT2D eigenvalue weighted by molar-refractivity contribution is 6.00. The Hall–Kier alpha value is -2.11. The van der Waals surface area contributed by atoms with Gasteiger partial charge in [-0.05, 0) is 37.8 Å². The molecule has 1 heterocycles. The number of hydrogen-bond donors (Lipinski definition) is 1. The summed E-state index contributed by atoms with van der Waals surface area (Å²) in [4.78, 5) is 25.3. The van der Waals surface area contributed by atoms with Gasteiger partial charge in [-0.1, -0.05) is 13.0 Å². The summed E-state index contributed by atoms with van der Waals surface area (Å²) in [7, 11) is 1.61. The predicted octanol–water partition coefficient (Wildman–Crippen LogP) is 2.90. The lowest BCUT2D eigenvalue weighted by Crippen LogP contribution is -2.45. The van der Waals surface area contributed by atoms with Gasteiger partial charge in [0, 0.05) is 19.6 Å². The van der Waals surface area contributed by atoms with E-state index in [1.165, 1.54) is 6.07 Å². The monoisotopic (exact) mass is 291 g/mol. The van der Waals surface area contributed by atoms with Crippen molar-refractivity contribution in [2.45, 2.75) is 32.7 Å². The topological polar surface area (TPSA) is 75.5 Å². The first-order valence-corrected chi connectivity index (χ1v) is 7.21. The van der Waals surface area contributed by atoms with E-state index in [0.717, 1.165) is 12.8 Å². The number of anilines is 1. The van der Waals surface area contributed by atoms with Crippen LogP contribution in [0.1, 0.15) is 37.0 Å². The molecule has 6 nitrogen and oxygen atoms in total. The van der Waals surface area contributed by atoms with E-state index in [0.29, 0.717) is 18.2 Å². The van der Waals surface area contributed by atoms with E-state index in [-0.39, 0.29) is 23.2 Å². The molecule has 1 N–H and O–H groups in total. The molecule has 1 fully saturated rings. The van der Waals surface area contributed by atoms with Crippen LogP contribution in [0.2, 0.25) is 0 Å². The van der Waals surface area contributed by atoms with E-state index in [9.17, 15) is 14.9 Å². The quantitative estimate of drug-likeness (QED) is 0.686. The molecule has 0 bridgehead atoms. The minimum Gasteiger partial charge on any atom is -0.383 e. The number of nitro benzene ring substituents is 1. The van der Waals surface area contributed by atoms with Gasteiger partial charge in [0.15, 0.2) is 0 Å². The Kier molecular flexibility index (Phi) is 4.45. The molecule has 1 saturated heterocycles. The first kappa shape index (κ1) is 15.3. The van der Waals surface area contributed by atoms with Crippen molar-refractivity contribution in [3.63, 3.8) is 0 Å². The summed E-state index contributed by atoms with van der Waals surface area (Å²) in [5, 5.41) is 14.1. The SMILES string of the molecule is CNc1cccc(C(=O)N2CC(C)CCC2C)c1[N+](=O)[O-]. The van der Waals surface area contributed by atoms with Crippen LogP contribution in [0, 0.1) is 16.0 Å². The highest BCUT2D eigenvalue weighted by Crippen LogP contribution is 2.31. The summed E-state index contributed by atoms with van der Waals surface area (Å²) in [6.45, 7) is 4.75. The first-order valence-electron chi connectivity index (χ1n) is 7.21. The summed E-state index contributed by atoms with van der Waals surface area (Å²) in [5.74, 6) is 0.175. The van der Waals surface area contributed by atoms with Gasteiger partial charge in [-0.15, -0.1) is 0 Å². The standard InChI is InChI=1S/C15H21N3O3/c1-10-7-8-11(2)17(9-10)15(19)12-5-4-6-13(16-3)14(12)18(20)21/h4-6,10-11,16H,7-9H2,1-3H3. The largest absolute Gasteiger partial charge is 0.383 e. The van der Waals surface area contributed by atoms with Gasteiger partial charge in [0.2, 0.25) is 0 Å². The van der Waals surface area contributed by atoms with Crippen molar-refractivity contribution >= 4 is 17.3 Å². The molecule has 0 aromatic heterocycles. The number of benzene rings is 1. The zero-order valence-corrected chi connectivity index (χ0v) is 12.6. The normalized spacial score (nSPS) is 22.0. The van der Waals surface area contributed by atoms with E-state index < -0.39 is 4.92 Å². The molecule has 2 rings (SSSR count). The fraction of sp³-hybridized carbons (Fsp3) is 0.533. The van der Waals surface area contributed by atoms with Crippen molar-refractivity contribution in [2.24, 2.45) is 5.92 Å². The lowest BCUT2D eigenvalue weighted by molar-refractivity contribution is -0.384. The van der Waals surface area contributed by atoms with E-state index in [1.54, 1.807) is 24.1 Å². The average Bonchev–Trinajstić information content (AvgIpc) is 2.48. The van der Waals surface area contributed by atoms with Crippen molar-refractivity contribution < 1.29 is 9.72 Å². The zero-order chi connectivity index (χ0) is 15.6. The summed E-state index contributed by atoms with van der Waals surface area (Å²) in [5.41, 5.74) is 0.381. The van der Waals surface area contributed by atoms with E-state index in [1.807, 2.05) is 6.92 Å². The first-order chi connectivity index (χ1) is 9.95. The molecular weight excluding hydrogens is 270 g/mol. The van der Waals surface area contributed by atoms with E-state index in [4.69, 9.17) is 0 Å². The number of carbonyl (C=O) groups is 1. The van der Waals surface area contributed by atoms with Crippen LogP contribution in [-0.2, 0) is 0 Å². The van der Waals surface area contributed by atoms with Crippen LogP contribution in [-0.4, -0.2) is 35.4 Å². The summed E-state index contributed by atoms with van der Waals surface area (Å²) >= 11 is 0. The van der Waals surface area contributed by atoms with Gasteiger partial charge in [0.25, 0.3) is 5.91 Å². The van der Waals surface area contributed by atoms with Crippen LogP contribution in [0.3, 0.4) is 0 Å². The van der Waals surface area contributed by atoms with Gasteiger partial charge in [-0.25, -0.2) is 0 Å². The number of para-hydroxylation sites is 1. The Labute approximate surface area is 124 Å². The molecule has 2 unspecified atom stereocenters. The second-order valence-corrected chi connectivity index (χ2v) is 5.70. The van der Waals surface area contributed by atoms with Crippen LogP contribution in [0.25, 0.3) is 0 Å². The molecular formula is C15H21N3O3. The van der Waals surface area contributed by atoms with Gasteiger partial charge in [0.05, 0.1) is 4.92 Å². The van der Waals surface area contributed by atoms with Crippen molar-refractivity contribution in [1.29, 1.82) is 0 Å². The van der Waals surface area contributed by atoms with E-state index >= 15 is 0 Å². The lowest BCUT2D eigenvalue weighted by atomic mass is 9.94. The summed E-state index contributed by atoms with van der Waals surface area (Å²) in [6.07, 6.45) is 2.02. The highest BCUT2D eigenvalue weighted by atomic mass is 16.6. The third-order valence-electron chi connectivity index (χ3n) is 4.10. The molecule has 0 aliphatic carbocycles. The molecule has 1 aliphatic rings. The summed E-state index contributed by atoms with van der Waals surface area (Å²) < 4.78 is 0. The Morgan fingerprint density at radius 3 is 2.71 bits per heavy atom. The van der Waals surface area contributed by atoms with Crippen molar-refractivity contribution in [3.8, 4) is 0 Å². The number of piperidine rings is 1. The zero-order valence-electron chi connectivity index (χ0n) is 12.6. The smallest absolute Gasteiger partial charge is 0.305 e. The second-order valence-electron chi connectivity index (χ2n) is 5.70. The van der Waals surface area contributed by atoms with Crippen LogP contribution in [0.5, 0.6) is 0 Å². The van der Waals surface area contributed by atoms with Crippen molar-refractivity contribution in [3.05, 3.63) is 33.9 Å². The molecule has 114 valence electrons. The molecule has 1 amide bonds. The Morgan fingerprint density at radius 1 is 1.38 bits per heavy atom. The molecule has 1 aliphatic heterocycles. The Bertz CT molecular complexity index is 559. The number of likely N-dealkylation sites (tertiary alicyclic amines) is 1. The molecule has 1 aromatic carbocycles. The maximum atomic E-state index is 12.7. The maximum absolute atomic E-state index is 12.7. The average molecular weight is 291 g/mol. The maximum Gasteiger partial charge on any atom is 0.305 e. The van der Waals surface area contributed by atoms with Crippen molar-refractivity contribution in [2.75, 3.05) is 18.9 Å². The van der Waals surface area contributed by atoms with Gasteiger partial charge >= 0.3 is 5.69 Å². The van der Waals surface area contributed by atoms with Crippen molar-refractivity contribution in [1.82, 2.24) is 4.90 Å². The molecule has 2 atom stereocenters. The fourth-order valence-electron chi connectivity index (χ4n) is 2.84. The van der Waals surface area contributed by atoms with Crippen LogP contribution >= 0.6 is 0 Å². The number of rotatable bonds is 3. The minimum atomic E-state index is -0.489. The molecule has 0 spiro atoms. The molecule has 6 heteroatoms. The molecule has 0 saturated carbocycles.